The van der Waals surface area contributed by atoms with Gasteiger partial charge in [0.2, 0.25) is 11.7 Å². The largest absolute Gasteiger partial charge is 0.352 e. The number of hydrogen-bond acceptors (Lipinski definition) is 5. The maximum absolute atomic E-state index is 12.1. The molecule has 1 aromatic heterocycles. The SMILES string of the molecule is N[C@@H]1CC[C@H](C(=O)NCc2cccc(-c3nn[nH]n3)c2)C1. The summed E-state index contributed by atoms with van der Waals surface area (Å²) in [6.45, 7) is 0.496. The third-order valence-electron chi connectivity index (χ3n) is 3.84. The number of benzene rings is 1. The van der Waals surface area contributed by atoms with Gasteiger partial charge in [-0.25, -0.2) is 0 Å². The molecule has 1 aliphatic rings. The second kappa shape index (κ2) is 6.01. The van der Waals surface area contributed by atoms with Crippen LogP contribution in [0.2, 0.25) is 0 Å². The highest BCUT2D eigenvalue weighted by Gasteiger charge is 2.27. The molecule has 0 saturated heterocycles. The first-order valence-electron chi connectivity index (χ1n) is 7.08. The van der Waals surface area contributed by atoms with Gasteiger partial charge < -0.3 is 11.1 Å². The van der Waals surface area contributed by atoms with Gasteiger partial charge in [-0.2, -0.15) is 5.21 Å². The highest BCUT2D eigenvalue weighted by Crippen LogP contribution is 2.24. The Balaban J connectivity index is 1.60. The van der Waals surface area contributed by atoms with Crippen LogP contribution in [0.15, 0.2) is 24.3 Å². The summed E-state index contributed by atoms with van der Waals surface area (Å²) >= 11 is 0. The average molecular weight is 286 g/mol. The standard InChI is InChI=1S/C14H18N6O/c15-12-5-4-11(7-12)14(21)16-8-9-2-1-3-10(6-9)13-17-19-20-18-13/h1-3,6,11-12H,4-5,7-8,15H2,(H,16,21)(H,17,18,19,20)/t11-,12+/m0/s1. The van der Waals surface area contributed by atoms with Crippen LogP contribution in [0.1, 0.15) is 24.8 Å². The molecule has 0 unspecified atom stereocenters. The van der Waals surface area contributed by atoms with Crippen molar-refractivity contribution in [3.05, 3.63) is 29.8 Å². The van der Waals surface area contributed by atoms with E-state index in [1.54, 1.807) is 0 Å². The van der Waals surface area contributed by atoms with Gasteiger partial charge in [-0.3, -0.25) is 4.79 Å². The van der Waals surface area contributed by atoms with E-state index < -0.39 is 0 Å². The van der Waals surface area contributed by atoms with Gasteiger partial charge in [-0.15, -0.1) is 10.2 Å². The number of nitrogens with one attached hydrogen (secondary N) is 2. The molecule has 1 amide bonds. The van der Waals surface area contributed by atoms with E-state index in [1.165, 1.54) is 0 Å². The predicted molar refractivity (Wildman–Crippen MR) is 76.8 cm³/mol. The van der Waals surface area contributed by atoms with Crippen molar-refractivity contribution >= 4 is 5.91 Å². The van der Waals surface area contributed by atoms with Gasteiger partial charge in [0.05, 0.1) is 0 Å². The lowest BCUT2D eigenvalue weighted by atomic mass is 10.1. The number of aromatic nitrogens is 4. The first-order valence-corrected chi connectivity index (χ1v) is 7.08. The summed E-state index contributed by atoms with van der Waals surface area (Å²) in [5, 5.41) is 16.8. The Labute approximate surface area is 122 Å². The van der Waals surface area contributed by atoms with Crippen LogP contribution in [0.5, 0.6) is 0 Å². The topological polar surface area (TPSA) is 110 Å². The first kappa shape index (κ1) is 13.7. The second-order valence-electron chi connectivity index (χ2n) is 5.42. The van der Waals surface area contributed by atoms with Crippen LogP contribution >= 0.6 is 0 Å². The van der Waals surface area contributed by atoms with Crippen LogP contribution in [0.25, 0.3) is 11.4 Å². The number of aromatic amines is 1. The van der Waals surface area contributed by atoms with Gasteiger partial charge in [0.1, 0.15) is 0 Å². The van der Waals surface area contributed by atoms with Crippen molar-refractivity contribution in [1.82, 2.24) is 25.9 Å². The lowest BCUT2D eigenvalue weighted by Crippen LogP contribution is -2.29. The summed E-state index contributed by atoms with van der Waals surface area (Å²) in [4.78, 5) is 12.1. The third kappa shape index (κ3) is 3.25. The molecule has 2 aromatic rings. The molecule has 4 N–H and O–H groups in total. The van der Waals surface area contributed by atoms with Crippen LogP contribution in [0.4, 0.5) is 0 Å². The Hall–Kier alpha value is -2.28. The van der Waals surface area contributed by atoms with Crippen molar-refractivity contribution in [3.63, 3.8) is 0 Å². The molecular weight excluding hydrogens is 268 g/mol. The number of H-pyrrole nitrogens is 1. The number of carbonyl (C=O) groups is 1. The van der Waals surface area contributed by atoms with Crippen molar-refractivity contribution < 1.29 is 4.79 Å². The lowest BCUT2D eigenvalue weighted by molar-refractivity contribution is -0.125. The highest BCUT2D eigenvalue weighted by molar-refractivity contribution is 5.79. The van der Waals surface area contributed by atoms with E-state index in [4.69, 9.17) is 5.73 Å². The molecule has 3 rings (SSSR count). The summed E-state index contributed by atoms with van der Waals surface area (Å²) in [6, 6.07) is 7.91. The fourth-order valence-corrected chi connectivity index (χ4v) is 2.69. The molecule has 1 aromatic carbocycles. The molecule has 1 heterocycles. The summed E-state index contributed by atoms with van der Waals surface area (Å²) in [5.74, 6) is 0.693. The predicted octanol–water partition coefficient (Wildman–Crippen LogP) is 0.610. The number of nitrogens with zero attached hydrogens (tertiary/aromatic N) is 3. The van der Waals surface area contributed by atoms with Gasteiger partial charge in [-0.05, 0) is 36.1 Å². The fraction of sp³-hybridized carbons (Fsp3) is 0.429. The van der Waals surface area contributed by atoms with Crippen LogP contribution in [0, 0.1) is 5.92 Å². The number of rotatable bonds is 4. The molecular formula is C14H18N6O. The number of amides is 1. The zero-order valence-corrected chi connectivity index (χ0v) is 11.6. The van der Waals surface area contributed by atoms with E-state index in [-0.39, 0.29) is 17.9 Å². The molecule has 7 heteroatoms. The average Bonchev–Trinajstić information content (AvgIpc) is 3.16. The van der Waals surface area contributed by atoms with Crippen LogP contribution < -0.4 is 11.1 Å². The smallest absolute Gasteiger partial charge is 0.223 e. The maximum Gasteiger partial charge on any atom is 0.223 e. The van der Waals surface area contributed by atoms with E-state index in [1.807, 2.05) is 24.3 Å². The Morgan fingerprint density at radius 2 is 2.33 bits per heavy atom. The molecule has 7 nitrogen and oxygen atoms in total. The van der Waals surface area contributed by atoms with Gasteiger partial charge in [0, 0.05) is 24.1 Å². The quantitative estimate of drug-likeness (QED) is 0.763. The summed E-state index contributed by atoms with van der Waals surface area (Å²) in [7, 11) is 0. The van der Waals surface area contributed by atoms with E-state index in [2.05, 4.69) is 25.9 Å². The van der Waals surface area contributed by atoms with Crippen molar-refractivity contribution in [3.8, 4) is 11.4 Å². The van der Waals surface area contributed by atoms with Crippen molar-refractivity contribution in [2.75, 3.05) is 0 Å². The normalized spacial score (nSPS) is 21.4. The van der Waals surface area contributed by atoms with Crippen molar-refractivity contribution in [1.29, 1.82) is 0 Å². The molecule has 110 valence electrons. The molecule has 1 fully saturated rings. The number of nitrogens with two attached hydrogens (primary N) is 1. The number of carbonyl (C=O) groups excluding carboxylic acids is 1. The van der Waals surface area contributed by atoms with E-state index >= 15 is 0 Å². The van der Waals surface area contributed by atoms with Crippen molar-refractivity contribution in [2.24, 2.45) is 11.7 Å². The van der Waals surface area contributed by atoms with Gasteiger partial charge >= 0.3 is 0 Å². The molecule has 1 saturated carbocycles. The summed E-state index contributed by atoms with van der Waals surface area (Å²) < 4.78 is 0. The molecule has 0 aliphatic heterocycles. The Kier molecular flexibility index (Phi) is 3.92. The molecule has 0 radical (unpaired) electrons. The number of hydrogen-bond donors (Lipinski definition) is 3. The van der Waals surface area contributed by atoms with Crippen LogP contribution in [0.3, 0.4) is 0 Å². The first-order chi connectivity index (χ1) is 10.2. The van der Waals surface area contributed by atoms with E-state index in [9.17, 15) is 4.79 Å². The summed E-state index contributed by atoms with van der Waals surface area (Å²) in [5.41, 5.74) is 7.72. The van der Waals surface area contributed by atoms with Crippen molar-refractivity contribution in [2.45, 2.75) is 31.8 Å². The second-order valence-corrected chi connectivity index (χ2v) is 5.42. The number of tetrazole rings is 1. The van der Waals surface area contributed by atoms with Gasteiger partial charge in [-0.1, -0.05) is 18.2 Å². The van der Waals surface area contributed by atoms with Crippen LogP contribution in [-0.2, 0) is 11.3 Å². The van der Waals surface area contributed by atoms with Gasteiger partial charge in [0.25, 0.3) is 0 Å². The minimum absolute atomic E-state index is 0.0559. The Morgan fingerprint density at radius 3 is 3.05 bits per heavy atom. The zero-order chi connectivity index (χ0) is 14.7. The minimum Gasteiger partial charge on any atom is -0.352 e. The molecule has 21 heavy (non-hydrogen) atoms. The molecule has 2 atom stereocenters. The Bertz CT molecular complexity index is 612. The maximum atomic E-state index is 12.1. The Morgan fingerprint density at radius 1 is 1.43 bits per heavy atom. The third-order valence-corrected chi connectivity index (χ3v) is 3.84. The lowest BCUT2D eigenvalue weighted by Gasteiger charge is -2.11. The molecule has 0 spiro atoms. The monoisotopic (exact) mass is 286 g/mol. The highest BCUT2D eigenvalue weighted by atomic mass is 16.1. The minimum atomic E-state index is 0.0559. The molecule has 0 bridgehead atoms. The zero-order valence-electron chi connectivity index (χ0n) is 11.6. The van der Waals surface area contributed by atoms with E-state index in [0.29, 0.717) is 12.4 Å². The van der Waals surface area contributed by atoms with Crippen LogP contribution in [-0.4, -0.2) is 32.6 Å². The fourth-order valence-electron chi connectivity index (χ4n) is 2.69. The van der Waals surface area contributed by atoms with E-state index in [0.717, 1.165) is 30.4 Å². The van der Waals surface area contributed by atoms with Gasteiger partial charge in [0.15, 0.2) is 0 Å². The summed E-state index contributed by atoms with van der Waals surface area (Å²) in [6.07, 6.45) is 2.61. The molecule has 1 aliphatic carbocycles.